The van der Waals surface area contributed by atoms with E-state index in [0.29, 0.717) is 5.56 Å². The Labute approximate surface area is 144 Å². The Morgan fingerprint density at radius 3 is 2.60 bits per heavy atom. The Kier molecular flexibility index (Phi) is 4.89. The van der Waals surface area contributed by atoms with Crippen LogP contribution in [0.15, 0.2) is 59.7 Å². The molecule has 0 atom stereocenters. The van der Waals surface area contributed by atoms with Crippen LogP contribution in [0.25, 0.3) is 10.9 Å². The second-order valence-corrected chi connectivity index (χ2v) is 5.55. The molecule has 0 aliphatic heterocycles. The highest BCUT2D eigenvalue weighted by Gasteiger charge is 2.07. The summed E-state index contributed by atoms with van der Waals surface area (Å²) in [5.41, 5.74) is 5.84. The third-order valence-electron chi connectivity index (χ3n) is 3.77. The lowest BCUT2D eigenvalue weighted by Crippen LogP contribution is -2.34. The molecular formula is C19H18N4O2. The fourth-order valence-corrected chi connectivity index (χ4v) is 2.53. The number of rotatable bonds is 5. The SMILES string of the molecule is Cc1[nH]c2ccccc2c1/C=N\NC(=O)CNC(=O)c1ccccc1. The summed E-state index contributed by atoms with van der Waals surface area (Å²) in [6, 6.07) is 16.6. The number of fused-ring (bicyclic) bond motifs is 1. The average molecular weight is 334 g/mol. The summed E-state index contributed by atoms with van der Waals surface area (Å²) in [5, 5.41) is 7.57. The highest BCUT2D eigenvalue weighted by atomic mass is 16.2. The number of hydrazone groups is 1. The Morgan fingerprint density at radius 2 is 1.80 bits per heavy atom. The van der Waals surface area contributed by atoms with Crippen molar-refractivity contribution in [1.29, 1.82) is 0 Å². The number of aromatic amines is 1. The minimum Gasteiger partial charge on any atom is -0.358 e. The predicted molar refractivity (Wildman–Crippen MR) is 97.5 cm³/mol. The van der Waals surface area contributed by atoms with Gasteiger partial charge in [-0.05, 0) is 25.1 Å². The molecule has 0 aliphatic carbocycles. The minimum absolute atomic E-state index is 0.141. The number of aromatic nitrogens is 1. The van der Waals surface area contributed by atoms with Gasteiger partial charge in [0.05, 0.1) is 12.8 Å². The molecule has 0 aliphatic rings. The molecule has 0 bridgehead atoms. The van der Waals surface area contributed by atoms with Crippen LogP contribution in [0.1, 0.15) is 21.6 Å². The van der Waals surface area contributed by atoms with Gasteiger partial charge in [0.2, 0.25) is 0 Å². The molecule has 2 amide bonds. The molecule has 126 valence electrons. The fraction of sp³-hybridized carbons (Fsp3) is 0.105. The first-order chi connectivity index (χ1) is 12.1. The zero-order valence-electron chi connectivity index (χ0n) is 13.7. The standard InChI is InChI=1S/C19H18N4O2/c1-13-16(15-9-5-6-10-17(15)22-13)11-21-23-18(24)12-20-19(25)14-7-3-2-4-8-14/h2-11,22H,12H2,1H3,(H,20,25)(H,23,24)/b21-11-. The zero-order valence-corrected chi connectivity index (χ0v) is 13.7. The highest BCUT2D eigenvalue weighted by Crippen LogP contribution is 2.19. The number of amides is 2. The van der Waals surface area contributed by atoms with E-state index in [2.05, 4.69) is 20.8 Å². The number of H-pyrrole nitrogens is 1. The quantitative estimate of drug-likeness (QED) is 0.494. The van der Waals surface area contributed by atoms with Crippen molar-refractivity contribution in [2.75, 3.05) is 6.54 Å². The number of hydrogen-bond donors (Lipinski definition) is 3. The lowest BCUT2D eigenvalue weighted by Gasteiger charge is -2.03. The molecule has 3 rings (SSSR count). The van der Waals surface area contributed by atoms with Gasteiger partial charge in [-0.25, -0.2) is 5.43 Å². The molecular weight excluding hydrogens is 316 g/mol. The molecule has 0 unspecified atom stereocenters. The van der Waals surface area contributed by atoms with Gasteiger partial charge < -0.3 is 10.3 Å². The van der Waals surface area contributed by atoms with E-state index in [1.54, 1.807) is 30.5 Å². The van der Waals surface area contributed by atoms with E-state index in [1.807, 2.05) is 37.3 Å². The van der Waals surface area contributed by atoms with Gasteiger partial charge in [-0.3, -0.25) is 9.59 Å². The number of nitrogens with one attached hydrogen (secondary N) is 3. The van der Waals surface area contributed by atoms with Crippen molar-refractivity contribution in [2.24, 2.45) is 5.10 Å². The van der Waals surface area contributed by atoms with E-state index >= 15 is 0 Å². The highest BCUT2D eigenvalue weighted by molar-refractivity contribution is 6.01. The Morgan fingerprint density at radius 1 is 1.08 bits per heavy atom. The van der Waals surface area contributed by atoms with Gasteiger partial charge in [0.15, 0.2) is 0 Å². The van der Waals surface area contributed by atoms with Crippen LogP contribution in [-0.4, -0.2) is 29.6 Å². The van der Waals surface area contributed by atoms with Crippen molar-refractivity contribution in [3.8, 4) is 0 Å². The molecule has 6 nitrogen and oxygen atoms in total. The molecule has 2 aromatic carbocycles. The van der Waals surface area contributed by atoms with Gasteiger partial charge in [-0.1, -0.05) is 36.4 Å². The van der Waals surface area contributed by atoms with Gasteiger partial charge >= 0.3 is 0 Å². The molecule has 3 aromatic rings. The van der Waals surface area contributed by atoms with Gasteiger partial charge in [0.25, 0.3) is 11.8 Å². The van der Waals surface area contributed by atoms with Crippen LogP contribution in [-0.2, 0) is 4.79 Å². The Bertz CT molecular complexity index is 929. The van der Waals surface area contributed by atoms with Crippen molar-refractivity contribution in [2.45, 2.75) is 6.92 Å². The summed E-state index contributed by atoms with van der Waals surface area (Å²) in [6.45, 7) is 1.81. The molecule has 25 heavy (non-hydrogen) atoms. The molecule has 0 spiro atoms. The van der Waals surface area contributed by atoms with Crippen LogP contribution in [0.3, 0.4) is 0 Å². The van der Waals surface area contributed by atoms with E-state index in [4.69, 9.17) is 0 Å². The van der Waals surface area contributed by atoms with E-state index in [1.165, 1.54) is 0 Å². The lowest BCUT2D eigenvalue weighted by atomic mass is 10.1. The second-order valence-electron chi connectivity index (χ2n) is 5.55. The van der Waals surface area contributed by atoms with Crippen molar-refractivity contribution < 1.29 is 9.59 Å². The topological polar surface area (TPSA) is 86.3 Å². The van der Waals surface area contributed by atoms with E-state index in [0.717, 1.165) is 22.2 Å². The number of benzene rings is 2. The van der Waals surface area contributed by atoms with Crippen LogP contribution in [0.5, 0.6) is 0 Å². The molecule has 6 heteroatoms. The van der Waals surface area contributed by atoms with Gasteiger partial charge in [0, 0.05) is 27.7 Å². The van der Waals surface area contributed by atoms with Crippen LogP contribution in [0.4, 0.5) is 0 Å². The first-order valence-corrected chi connectivity index (χ1v) is 7.87. The lowest BCUT2D eigenvalue weighted by molar-refractivity contribution is -0.120. The third kappa shape index (κ3) is 3.92. The number of nitrogens with zero attached hydrogens (tertiary/aromatic N) is 1. The maximum atomic E-state index is 11.9. The normalized spacial score (nSPS) is 10.9. The maximum absolute atomic E-state index is 11.9. The van der Waals surface area contributed by atoms with Crippen molar-refractivity contribution >= 4 is 28.9 Å². The largest absolute Gasteiger partial charge is 0.358 e. The summed E-state index contributed by atoms with van der Waals surface area (Å²) in [6.07, 6.45) is 1.60. The summed E-state index contributed by atoms with van der Waals surface area (Å²) in [5.74, 6) is -0.690. The Balaban J connectivity index is 1.56. The van der Waals surface area contributed by atoms with E-state index < -0.39 is 5.91 Å². The van der Waals surface area contributed by atoms with Crippen LogP contribution < -0.4 is 10.7 Å². The summed E-state index contributed by atoms with van der Waals surface area (Å²) in [7, 11) is 0. The number of carbonyl (C=O) groups is 2. The van der Waals surface area contributed by atoms with E-state index in [9.17, 15) is 9.59 Å². The number of hydrogen-bond acceptors (Lipinski definition) is 3. The molecule has 0 fully saturated rings. The van der Waals surface area contributed by atoms with E-state index in [-0.39, 0.29) is 12.5 Å². The van der Waals surface area contributed by atoms with Gasteiger partial charge in [-0.15, -0.1) is 0 Å². The van der Waals surface area contributed by atoms with Gasteiger partial charge in [0.1, 0.15) is 0 Å². The average Bonchev–Trinajstić information content (AvgIpc) is 2.96. The van der Waals surface area contributed by atoms with Crippen molar-refractivity contribution in [3.63, 3.8) is 0 Å². The first-order valence-electron chi connectivity index (χ1n) is 7.87. The maximum Gasteiger partial charge on any atom is 0.259 e. The number of carbonyl (C=O) groups excluding carboxylic acids is 2. The molecule has 1 heterocycles. The van der Waals surface area contributed by atoms with Crippen LogP contribution in [0, 0.1) is 6.92 Å². The number of aryl methyl sites for hydroxylation is 1. The van der Waals surface area contributed by atoms with Gasteiger partial charge in [-0.2, -0.15) is 5.10 Å². The fourth-order valence-electron chi connectivity index (χ4n) is 2.53. The van der Waals surface area contributed by atoms with Crippen molar-refractivity contribution in [1.82, 2.24) is 15.7 Å². The monoisotopic (exact) mass is 334 g/mol. The van der Waals surface area contributed by atoms with Crippen molar-refractivity contribution in [3.05, 3.63) is 71.4 Å². The summed E-state index contributed by atoms with van der Waals surface area (Å²) in [4.78, 5) is 26.9. The third-order valence-corrected chi connectivity index (χ3v) is 3.77. The molecule has 0 saturated carbocycles. The van der Waals surface area contributed by atoms with Crippen LogP contribution >= 0.6 is 0 Å². The van der Waals surface area contributed by atoms with Crippen LogP contribution in [0.2, 0.25) is 0 Å². The smallest absolute Gasteiger partial charge is 0.259 e. The molecule has 1 aromatic heterocycles. The Hall–Kier alpha value is -3.41. The molecule has 3 N–H and O–H groups in total. The summed E-state index contributed by atoms with van der Waals surface area (Å²) >= 11 is 0. The molecule has 0 saturated heterocycles. The second kappa shape index (κ2) is 7.44. The first kappa shape index (κ1) is 16.4. The minimum atomic E-state index is -0.391. The predicted octanol–water partition coefficient (Wildman–Crippen LogP) is 2.36. The summed E-state index contributed by atoms with van der Waals surface area (Å²) < 4.78 is 0. The zero-order chi connectivity index (χ0) is 17.6. The molecule has 0 radical (unpaired) electrons. The number of para-hydroxylation sites is 1.